The predicted molar refractivity (Wildman–Crippen MR) is 73.8 cm³/mol. The topological polar surface area (TPSA) is 33.2 Å². The number of aromatic nitrogens is 1. The molecule has 0 saturated heterocycles. The molecule has 0 atom stereocenters. The number of hydrogen-bond acceptors (Lipinski definition) is 3. The minimum absolute atomic E-state index is 0.122. The molecule has 1 aromatic heterocycles. The van der Waals surface area contributed by atoms with Crippen molar-refractivity contribution in [2.24, 2.45) is 0 Å². The minimum atomic E-state index is -0.327. The summed E-state index contributed by atoms with van der Waals surface area (Å²) >= 11 is 1.56. The van der Waals surface area contributed by atoms with Crippen molar-refractivity contribution in [3.05, 3.63) is 51.2 Å². The Morgan fingerprint density at radius 3 is 2.74 bits per heavy atom. The first-order valence-corrected chi connectivity index (χ1v) is 6.78. The van der Waals surface area contributed by atoms with Crippen molar-refractivity contribution in [1.29, 1.82) is 0 Å². The van der Waals surface area contributed by atoms with Gasteiger partial charge in [-0.3, -0.25) is 4.79 Å². The van der Waals surface area contributed by atoms with E-state index in [1.807, 2.05) is 12.3 Å². The summed E-state index contributed by atoms with van der Waals surface area (Å²) in [6.07, 6.45) is 0. The lowest BCUT2D eigenvalue weighted by molar-refractivity contribution is 0.0783. The number of carbonyl (C=O) groups excluding carboxylic acids is 1. The number of benzene rings is 1. The number of hydrogen-bond donors (Lipinski definition) is 0. The highest BCUT2D eigenvalue weighted by atomic mass is 32.1. The number of amides is 1. The van der Waals surface area contributed by atoms with Gasteiger partial charge >= 0.3 is 0 Å². The van der Waals surface area contributed by atoms with Crippen LogP contribution in [0.25, 0.3) is 0 Å². The normalized spacial score (nSPS) is 10.5. The number of aryl methyl sites for hydroxylation is 2. The van der Waals surface area contributed by atoms with Gasteiger partial charge in [-0.25, -0.2) is 9.37 Å². The zero-order valence-electron chi connectivity index (χ0n) is 11.1. The molecule has 0 aliphatic heterocycles. The fraction of sp³-hybridized carbons (Fsp3) is 0.286. The van der Waals surface area contributed by atoms with Gasteiger partial charge in [0, 0.05) is 18.0 Å². The van der Waals surface area contributed by atoms with Crippen molar-refractivity contribution in [3.8, 4) is 0 Å². The highest BCUT2D eigenvalue weighted by Gasteiger charge is 2.15. The van der Waals surface area contributed by atoms with Gasteiger partial charge in [-0.2, -0.15) is 0 Å². The van der Waals surface area contributed by atoms with Crippen LogP contribution in [0.15, 0.2) is 23.6 Å². The van der Waals surface area contributed by atoms with Crippen molar-refractivity contribution in [3.63, 3.8) is 0 Å². The molecule has 0 fully saturated rings. The first-order valence-electron chi connectivity index (χ1n) is 5.90. The van der Waals surface area contributed by atoms with E-state index in [4.69, 9.17) is 0 Å². The Bertz CT molecular complexity index is 609. The van der Waals surface area contributed by atoms with E-state index < -0.39 is 0 Å². The lowest BCUT2D eigenvalue weighted by Crippen LogP contribution is -2.27. The van der Waals surface area contributed by atoms with Crippen molar-refractivity contribution >= 4 is 17.2 Å². The molecule has 0 radical (unpaired) electrons. The van der Waals surface area contributed by atoms with Crippen LogP contribution in [0.4, 0.5) is 4.39 Å². The highest BCUT2D eigenvalue weighted by molar-refractivity contribution is 7.09. The summed E-state index contributed by atoms with van der Waals surface area (Å²) in [5, 5.41) is 2.92. The summed E-state index contributed by atoms with van der Waals surface area (Å²) in [4.78, 5) is 18.2. The maximum Gasteiger partial charge on any atom is 0.254 e. The lowest BCUT2D eigenvalue weighted by atomic mass is 10.1. The van der Waals surface area contributed by atoms with E-state index >= 15 is 0 Å². The second-order valence-electron chi connectivity index (χ2n) is 4.48. The first-order chi connectivity index (χ1) is 8.97. The molecule has 3 nitrogen and oxygen atoms in total. The fourth-order valence-electron chi connectivity index (χ4n) is 1.87. The third-order valence-electron chi connectivity index (χ3n) is 2.83. The van der Waals surface area contributed by atoms with Gasteiger partial charge in [-0.15, -0.1) is 11.3 Å². The molecular formula is C14H15FN2OS. The molecule has 0 aliphatic rings. The molecule has 0 N–H and O–H groups in total. The number of nitrogens with zero attached hydrogens (tertiary/aromatic N) is 2. The molecule has 5 heteroatoms. The van der Waals surface area contributed by atoms with Crippen molar-refractivity contribution < 1.29 is 9.18 Å². The summed E-state index contributed by atoms with van der Waals surface area (Å²) in [7, 11) is 1.72. The molecule has 19 heavy (non-hydrogen) atoms. The van der Waals surface area contributed by atoms with Crippen LogP contribution in [-0.4, -0.2) is 22.8 Å². The van der Waals surface area contributed by atoms with Gasteiger partial charge in [0.2, 0.25) is 0 Å². The number of rotatable bonds is 3. The molecule has 2 aromatic rings. The lowest BCUT2D eigenvalue weighted by Gasteiger charge is -2.17. The SMILES string of the molecule is Cc1nc(CN(C)C(=O)c2ccc(F)cc2C)cs1. The molecule has 1 amide bonds. The molecule has 0 saturated carbocycles. The Labute approximate surface area is 115 Å². The maximum absolute atomic E-state index is 13.0. The number of halogens is 1. The predicted octanol–water partition coefficient (Wildman–Crippen LogP) is 3.17. The van der Waals surface area contributed by atoms with E-state index in [1.54, 1.807) is 30.2 Å². The molecule has 0 bridgehead atoms. The number of carbonyl (C=O) groups is 1. The van der Waals surface area contributed by atoms with Crippen molar-refractivity contribution in [2.45, 2.75) is 20.4 Å². The van der Waals surface area contributed by atoms with E-state index in [9.17, 15) is 9.18 Å². The fourth-order valence-corrected chi connectivity index (χ4v) is 2.47. The largest absolute Gasteiger partial charge is 0.336 e. The van der Waals surface area contributed by atoms with Crippen molar-refractivity contribution in [2.75, 3.05) is 7.05 Å². The third-order valence-corrected chi connectivity index (χ3v) is 3.65. The summed E-state index contributed by atoms with van der Waals surface area (Å²) in [5.41, 5.74) is 2.04. The van der Waals surface area contributed by atoms with E-state index in [0.29, 0.717) is 17.7 Å². The molecule has 0 spiro atoms. The van der Waals surface area contributed by atoms with Crippen LogP contribution in [0, 0.1) is 19.7 Å². The summed E-state index contributed by atoms with van der Waals surface area (Å²) in [5.74, 6) is -0.449. The maximum atomic E-state index is 13.0. The molecular weight excluding hydrogens is 263 g/mol. The summed E-state index contributed by atoms with van der Waals surface area (Å²) in [6, 6.07) is 4.20. The average Bonchev–Trinajstić information content (AvgIpc) is 2.74. The number of thiazole rings is 1. The quantitative estimate of drug-likeness (QED) is 0.864. The standard InChI is InChI=1S/C14H15FN2OS/c1-9-6-11(15)4-5-13(9)14(18)17(3)7-12-8-19-10(2)16-12/h4-6,8H,7H2,1-3H3. The Hall–Kier alpha value is -1.75. The second kappa shape index (κ2) is 5.48. The van der Waals surface area contributed by atoms with Gasteiger partial charge in [0.1, 0.15) is 5.82 Å². The smallest absolute Gasteiger partial charge is 0.254 e. The van der Waals surface area contributed by atoms with Crippen LogP contribution in [-0.2, 0) is 6.54 Å². The molecule has 100 valence electrons. The van der Waals surface area contributed by atoms with Gasteiger partial charge in [0.15, 0.2) is 0 Å². The summed E-state index contributed by atoms with van der Waals surface area (Å²) < 4.78 is 13.0. The third kappa shape index (κ3) is 3.17. The molecule has 0 unspecified atom stereocenters. The average molecular weight is 278 g/mol. The van der Waals surface area contributed by atoms with Gasteiger partial charge in [-0.05, 0) is 37.6 Å². The summed E-state index contributed by atoms with van der Waals surface area (Å²) in [6.45, 7) is 4.12. The first kappa shape index (κ1) is 13.7. The van der Waals surface area contributed by atoms with Crippen molar-refractivity contribution in [1.82, 2.24) is 9.88 Å². The van der Waals surface area contributed by atoms with Gasteiger partial charge < -0.3 is 4.90 Å². The van der Waals surface area contributed by atoms with Gasteiger partial charge in [0.25, 0.3) is 5.91 Å². The van der Waals surface area contributed by atoms with E-state index in [2.05, 4.69) is 4.98 Å². The van der Waals surface area contributed by atoms with E-state index in [1.165, 1.54) is 18.2 Å². The van der Waals surface area contributed by atoms with Crippen LogP contribution in [0.5, 0.6) is 0 Å². The monoisotopic (exact) mass is 278 g/mol. The Morgan fingerprint density at radius 2 is 2.16 bits per heavy atom. The van der Waals surface area contributed by atoms with Crippen LogP contribution >= 0.6 is 11.3 Å². The van der Waals surface area contributed by atoms with E-state index in [0.717, 1.165) is 10.7 Å². The Kier molecular flexibility index (Phi) is 3.95. The zero-order valence-corrected chi connectivity index (χ0v) is 11.9. The van der Waals surface area contributed by atoms with Crippen LogP contribution < -0.4 is 0 Å². The van der Waals surface area contributed by atoms with Gasteiger partial charge in [0.05, 0.1) is 17.2 Å². The molecule has 1 aromatic carbocycles. The minimum Gasteiger partial charge on any atom is -0.336 e. The van der Waals surface area contributed by atoms with Crippen LogP contribution in [0.2, 0.25) is 0 Å². The van der Waals surface area contributed by atoms with Crippen LogP contribution in [0.1, 0.15) is 26.6 Å². The highest BCUT2D eigenvalue weighted by Crippen LogP contribution is 2.15. The van der Waals surface area contributed by atoms with E-state index in [-0.39, 0.29) is 11.7 Å². The molecule has 0 aliphatic carbocycles. The second-order valence-corrected chi connectivity index (χ2v) is 5.54. The zero-order chi connectivity index (χ0) is 14.0. The van der Waals surface area contributed by atoms with Gasteiger partial charge in [-0.1, -0.05) is 0 Å². The molecule has 1 heterocycles. The Morgan fingerprint density at radius 1 is 1.42 bits per heavy atom. The Balaban J connectivity index is 2.14. The molecule has 2 rings (SSSR count). The van der Waals surface area contributed by atoms with Crippen LogP contribution in [0.3, 0.4) is 0 Å².